The van der Waals surface area contributed by atoms with Gasteiger partial charge in [0.25, 0.3) is 0 Å². The lowest BCUT2D eigenvalue weighted by atomic mass is 9.52. The molecule has 0 aromatic heterocycles. The predicted octanol–water partition coefficient (Wildman–Crippen LogP) is 1.51. The Bertz CT molecular complexity index is 911. The minimum absolute atomic E-state index is 0.0262. The quantitative estimate of drug-likeness (QED) is 0.806. The van der Waals surface area contributed by atoms with E-state index in [1.807, 2.05) is 37.4 Å². The Labute approximate surface area is 165 Å². The maximum atomic E-state index is 14.0. The number of aliphatic hydroxyl groups excluding tert-OH is 1. The molecule has 1 spiro atoms. The zero-order chi connectivity index (χ0) is 19.8. The topological polar surface area (TPSA) is 76.8 Å². The van der Waals surface area contributed by atoms with Crippen LogP contribution in [0.2, 0.25) is 0 Å². The fourth-order valence-electron chi connectivity index (χ4n) is 7.20. The van der Waals surface area contributed by atoms with Crippen molar-refractivity contribution in [3.05, 3.63) is 42.5 Å². The van der Waals surface area contributed by atoms with Crippen molar-refractivity contribution >= 4 is 11.6 Å². The average Bonchev–Trinajstić information content (AvgIpc) is 3.19. The van der Waals surface area contributed by atoms with Crippen molar-refractivity contribution in [3.8, 4) is 6.07 Å². The first kappa shape index (κ1) is 17.9. The minimum atomic E-state index is -1.07. The van der Waals surface area contributed by atoms with E-state index in [1.54, 1.807) is 12.0 Å². The molecule has 28 heavy (non-hydrogen) atoms. The van der Waals surface area contributed by atoms with E-state index >= 15 is 0 Å². The van der Waals surface area contributed by atoms with Gasteiger partial charge < -0.3 is 14.7 Å². The largest absolute Gasteiger partial charge is 0.392 e. The summed E-state index contributed by atoms with van der Waals surface area (Å²) < 4.78 is 5.33. The Balaban J connectivity index is 1.80. The molecule has 4 aliphatic rings. The highest BCUT2D eigenvalue weighted by atomic mass is 16.5. The summed E-state index contributed by atoms with van der Waals surface area (Å²) in [4.78, 5) is 17.8. The van der Waals surface area contributed by atoms with E-state index in [2.05, 4.69) is 17.5 Å². The average molecular weight is 379 g/mol. The van der Waals surface area contributed by atoms with Crippen molar-refractivity contribution in [2.24, 2.45) is 23.2 Å². The van der Waals surface area contributed by atoms with Crippen LogP contribution in [0.4, 0.5) is 5.69 Å². The summed E-state index contributed by atoms with van der Waals surface area (Å²) in [7, 11) is 3.59. The molecule has 0 unspecified atom stereocenters. The van der Waals surface area contributed by atoms with Crippen LogP contribution in [0.25, 0.3) is 0 Å². The van der Waals surface area contributed by atoms with Crippen molar-refractivity contribution in [1.82, 2.24) is 4.90 Å². The van der Waals surface area contributed by atoms with Gasteiger partial charge >= 0.3 is 0 Å². The van der Waals surface area contributed by atoms with Crippen LogP contribution in [0.15, 0.2) is 36.9 Å². The summed E-state index contributed by atoms with van der Waals surface area (Å²) in [5.74, 6) is -0.488. The van der Waals surface area contributed by atoms with Crippen LogP contribution in [-0.4, -0.2) is 55.5 Å². The number of aliphatic hydroxyl groups is 1. The molecule has 7 atom stereocenters. The smallest absolute Gasteiger partial charge is 0.242 e. The Morgan fingerprint density at radius 3 is 2.89 bits per heavy atom. The van der Waals surface area contributed by atoms with Gasteiger partial charge in [-0.05, 0) is 31.0 Å². The number of ether oxygens (including phenoxy) is 1. The lowest BCUT2D eigenvalue weighted by molar-refractivity contribution is -0.138. The molecule has 1 aromatic rings. The third-order valence-corrected chi connectivity index (χ3v) is 7.96. The van der Waals surface area contributed by atoms with Gasteiger partial charge in [-0.3, -0.25) is 9.69 Å². The standard InChI is InChI=1S/C22H25N3O3/c1-4-21-11-24(2)18-13(10-23)15(21)9-17(26)22(19(18)21)14-7-5-6-8-16(14)25(12-28-3)20(22)27/h4-8,13,15,17-19,26H,1,9,11-12H2,2-3H3/t13-,15+,17-,18+,19-,21-,22+/m0/s1. The molecule has 2 aliphatic carbocycles. The highest BCUT2D eigenvalue weighted by Crippen LogP contribution is 2.71. The summed E-state index contributed by atoms with van der Waals surface area (Å²) in [6, 6.07) is 10.1. The van der Waals surface area contributed by atoms with E-state index in [0.29, 0.717) is 6.42 Å². The van der Waals surface area contributed by atoms with Crippen LogP contribution in [0.5, 0.6) is 0 Å². The predicted molar refractivity (Wildman–Crippen MR) is 103 cm³/mol. The number of rotatable bonds is 3. The number of hydrogen-bond acceptors (Lipinski definition) is 5. The molecule has 146 valence electrons. The summed E-state index contributed by atoms with van der Waals surface area (Å²) in [5.41, 5.74) is 0.234. The molecule has 0 radical (unpaired) electrons. The molecule has 1 amide bonds. The zero-order valence-corrected chi connectivity index (χ0v) is 16.2. The fourth-order valence-corrected chi connectivity index (χ4v) is 7.20. The van der Waals surface area contributed by atoms with Gasteiger partial charge in [0.1, 0.15) is 12.1 Å². The summed E-state index contributed by atoms with van der Waals surface area (Å²) in [6.45, 7) is 5.06. The summed E-state index contributed by atoms with van der Waals surface area (Å²) in [5, 5.41) is 21.4. The maximum absolute atomic E-state index is 14.0. The Morgan fingerprint density at radius 2 is 2.21 bits per heavy atom. The highest BCUT2D eigenvalue weighted by molar-refractivity contribution is 6.09. The number of methoxy groups -OCH3 is 1. The number of anilines is 1. The number of para-hydroxylation sites is 1. The van der Waals surface area contributed by atoms with Gasteiger partial charge in [0.15, 0.2) is 0 Å². The first-order chi connectivity index (χ1) is 13.5. The summed E-state index contributed by atoms with van der Waals surface area (Å²) in [6.07, 6.45) is 1.57. The number of fused-ring (bicyclic) bond motifs is 2. The maximum Gasteiger partial charge on any atom is 0.242 e. The number of nitriles is 1. The van der Waals surface area contributed by atoms with Gasteiger partial charge in [-0.1, -0.05) is 24.3 Å². The number of benzene rings is 1. The molecule has 1 N–H and O–H groups in total. The van der Waals surface area contributed by atoms with E-state index < -0.39 is 11.5 Å². The third-order valence-electron chi connectivity index (χ3n) is 7.96. The normalized spacial score (nSPS) is 43.4. The molecule has 3 fully saturated rings. The van der Waals surface area contributed by atoms with Gasteiger partial charge in [-0.15, -0.1) is 6.58 Å². The van der Waals surface area contributed by atoms with E-state index in [1.165, 1.54) is 0 Å². The molecule has 2 heterocycles. The SMILES string of the molecule is C=C[C@]12CN(C)[C@@H]3[C@@H](C#N)[C@H]1C[C@H](O)[C@@]1(C(=O)N(COC)c4ccccc41)[C@@H]32. The Hall–Kier alpha value is -2.20. The van der Waals surface area contributed by atoms with Crippen LogP contribution in [-0.2, 0) is 14.9 Å². The molecule has 1 saturated heterocycles. The molecule has 2 aliphatic heterocycles. The number of carbonyl (C=O) groups is 1. The van der Waals surface area contributed by atoms with E-state index in [-0.39, 0.29) is 41.8 Å². The number of hydrogen-bond donors (Lipinski definition) is 1. The zero-order valence-electron chi connectivity index (χ0n) is 16.2. The second-order valence-electron chi connectivity index (χ2n) is 8.75. The number of piperidine rings is 1. The first-order valence-electron chi connectivity index (χ1n) is 9.81. The van der Waals surface area contributed by atoms with E-state index in [0.717, 1.165) is 17.8 Å². The van der Waals surface area contributed by atoms with Crippen LogP contribution < -0.4 is 4.90 Å². The van der Waals surface area contributed by atoms with Gasteiger partial charge in [-0.25, -0.2) is 0 Å². The molecule has 6 nitrogen and oxygen atoms in total. The third kappa shape index (κ3) is 1.68. The molecule has 6 heteroatoms. The van der Waals surface area contributed by atoms with Crippen molar-refractivity contribution in [2.75, 3.05) is 32.3 Å². The second-order valence-corrected chi connectivity index (χ2v) is 8.75. The molecule has 4 bridgehead atoms. The van der Waals surface area contributed by atoms with Crippen LogP contribution >= 0.6 is 0 Å². The molecular weight excluding hydrogens is 354 g/mol. The van der Waals surface area contributed by atoms with Gasteiger partial charge in [0, 0.05) is 31.0 Å². The molecule has 1 aromatic carbocycles. The van der Waals surface area contributed by atoms with E-state index in [9.17, 15) is 15.2 Å². The van der Waals surface area contributed by atoms with Crippen molar-refractivity contribution in [1.29, 1.82) is 5.26 Å². The molecular formula is C22H25N3O3. The fraction of sp³-hybridized carbons (Fsp3) is 0.545. The monoisotopic (exact) mass is 379 g/mol. The minimum Gasteiger partial charge on any atom is -0.392 e. The number of nitrogens with zero attached hydrogens (tertiary/aromatic N) is 3. The first-order valence-corrected chi connectivity index (χ1v) is 9.81. The van der Waals surface area contributed by atoms with Crippen LogP contribution in [0, 0.1) is 34.5 Å². The number of likely N-dealkylation sites (tertiary alicyclic amines) is 1. The second kappa shape index (κ2) is 5.66. The lowest BCUT2D eigenvalue weighted by Crippen LogP contribution is -2.61. The van der Waals surface area contributed by atoms with Gasteiger partial charge in [0.2, 0.25) is 5.91 Å². The Morgan fingerprint density at radius 1 is 1.46 bits per heavy atom. The van der Waals surface area contributed by atoms with Crippen molar-refractivity contribution in [2.45, 2.75) is 24.0 Å². The van der Waals surface area contributed by atoms with Crippen LogP contribution in [0.3, 0.4) is 0 Å². The molecule has 2 saturated carbocycles. The molecule has 5 rings (SSSR count). The van der Waals surface area contributed by atoms with E-state index in [4.69, 9.17) is 4.74 Å². The van der Waals surface area contributed by atoms with Gasteiger partial charge in [0.05, 0.1) is 23.8 Å². The van der Waals surface area contributed by atoms with Crippen molar-refractivity contribution in [3.63, 3.8) is 0 Å². The highest BCUT2D eigenvalue weighted by Gasteiger charge is 2.78. The number of amides is 1. The van der Waals surface area contributed by atoms with Gasteiger partial charge in [-0.2, -0.15) is 5.26 Å². The number of carbonyl (C=O) groups excluding carboxylic acids is 1. The van der Waals surface area contributed by atoms with Crippen molar-refractivity contribution < 1.29 is 14.6 Å². The Kier molecular flexibility index (Phi) is 3.61. The van der Waals surface area contributed by atoms with Crippen LogP contribution in [0.1, 0.15) is 12.0 Å². The summed E-state index contributed by atoms with van der Waals surface area (Å²) >= 11 is 0. The lowest BCUT2D eigenvalue weighted by Gasteiger charge is -2.51.